The van der Waals surface area contributed by atoms with Crippen LogP contribution in [0.15, 0.2) is 60.7 Å². The minimum atomic E-state index is -3.90. The molecule has 0 spiro atoms. The summed E-state index contributed by atoms with van der Waals surface area (Å²) in [6, 6.07) is 18.6. The van der Waals surface area contributed by atoms with Gasteiger partial charge in [-0.3, -0.25) is 4.18 Å². The van der Waals surface area contributed by atoms with Crippen molar-refractivity contribution in [3.63, 3.8) is 0 Å². The molecule has 164 valence electrons. The summed E-state index contributed by atoms with van der Waals surface area (Å²) in [6.45, 7) is -0.286. The van der Waals surface area contributed by atoms with Gasteiger partial charge in [-0.25, -0.2) is 0 Å². The molecule has 1 aliphatic heterocycles. The molecule has 0 aliphatic carbocycles. The number of rotatable bonds is 9. The van der Waals surface area contributed by atoms with Gasteiger partial charge in [0.25, 0.3) is 10.1 Å². The van der Waals surface area contributed by atoms with Crippen LogP contribution >= 0.6 is 0 Å². The molecule has 1 heterocycles. The van der Waals surface area contributed by atoms with Crippen LogP contribution in [0.2, 0.25) is 0 Å². The molecule has 0 unspecified atom stereocenters. The highest BCUT2D eigenvalue weighted by Gasteiger charge is 2.49. The van der Waals surface area contributed by atoms with E-state index in [0.717, 1.165) is 17.4 Å². The molecular weight excluding hydrogens is 412 g/mol. The van der Waals surface area contributed by atoms with Crippen LogP contribution in [0.25, 0.3) is 0 Å². The van der Waals surface area contributed by atoms with Gasteiger partial charge in [-0.2, -0.15) is 8.42 Å². The SMILES string of the molecule is CS(=O)(=O)O[C@H]1[C@H](OCc2ccccc2)[C@@H](OCc2ccccc2)[C@@H](O)O[C@@H]1CO. The van der Waals surface area contributed by atoms with Gasteiger partial charge in [0, 0.05) is 0 Å². The van der Waals surface area contributed by atoms with Gasteiger partial charge in [0.05, 0.1) is 26.1 Å². The fourth-order valence-corrected chi connectivity index (χ4v) is 3.90. The zero-order valence-corrected chi connectivity index (χ0v) is 17.4. The average Bonchev–Trinajstić information content (AvgIpc) is 2.73. The van der Waals surface area contributed by atoms with Crippen molar-refractivity contribution < 1.29 is 37.0 Å². The van der Waals surface area contributed by atoms with Crippen molar-refractivity contribution >= 4 is 10.1 Å². The zero-order valence-electron chi connectivity index (χ0n) is 16.5. The number of ether oxygens (including phenoxy) is 3. The summed E-state index contributed by atoms with van der Waals surface area (Å²) < 4.78 is 46.1. The summed E-state index contributed by atoms with van der Waals surface area (Å²) in [5, 5.41) is 20.2. The van der Waals surface area contributed by atoms with E-state index in [1.54, 1.807) is 0 Å². The van der Waals surface area contributed by atoms with Gasteiger partial charge < -0.3 is 24.4 Å². The van der Waals surface area contributed by atoms with Crippen molar-refractivity contribution in [2.45, 2.75) is 43.9 Å². The first-order valence-corrected chi connectivity index (χ1v) is 11.3. The summed E-state index contributed by atoms with van der Waals surface area (Å²) in [7, 11) is -3.90. The van der Waals surface area contributed by atoms with E-state index < -0.39 is 47.4 Å². The van der Waals surface area contributed by atoms with Crippen molar-refractivity contribution in [2.24, 2.45) is 0 Å². The quantitative estimate of drug-likeness (QED) is 0.562. The molecule has 0 aromatic heterocycles. The Bertz CT molecular complexity index is 874. The van der Waals surface area contributed by atoms with Crippen LogP contribution in [-0.2, 0) is 41.7 Å². The normalized spacial score (nSPS) is 27.1. The second-order valence-electron chi connectivity index (χ2n) is 7.04. The maximum Gasteiger partial charge on any atom is 0.264 e. The standard InChI is InChI=1S/C21H26O8S/c1-30(24,25)29-18-17(12-22)28-21(23)20(27-14-16-10-6-3-7-11-16)19(18)26-13-15-8-4-2-5-9-15/h2-11,17-23H,12-14H2,1H3/t17-,18-,19+,20-,21+/m1/s1. The van der Waals surface area contributed by atoms with Gasteiger partial charge in [-0.05, 0) is 11.1 Å². The topological polar surface area (TPSA) is 112 Å². The monoisotopic (exact) mass is 438 g/mol. The van der Waals surface area contributed by atoms with Crippen LogP contribution in [0.1, 0.15) is 11.1 Å². The maximum absolute atomic E-state index is 11.8. The first-order chi connectivity index (χ1) is 14.4. The molecule has 1 aliphatic rings. The summed E-state index contributed by atoms with van der Waals surface area (Å²) in [5.41, 5.74) is 1.70. The van der Waals surface area contributed by atoms with E-state index in [4.69, 9.17) is 18.4 Å². The van der Waals surface area contributed by atoms with Crippen molar-refractivity contribution in [2.75, 3.05) is 12.9 Å². The lowest BCUT2D eigenvalue weighted by Crippen LogP contribution is -2.61. The third-order valence-electron chi connectivity index (χ3n) is 4.65. The Morgan fingerprint density at radius 2 is 1.37 bits per heavy atom. The van der Waals surface area contributed by atoms with E-state index in [-0.39, 0.29) is 13.2 Å². The molecule has 2 aromatic carbocycles. The molecule has 0 bridgehead atoms. The average molecular weight is 438 g/mol. The highest BCUT2D eigenvalue weighted by Crippen LogP contribution is 2.29. The van der Waals surface area contributed by atoms with E-state index in [9.17, 15) is 18.6 Å². The molecule has 0 amide bonds. The van der Waals surface area contributed by atoms with Crippen molar-refractivity contribution in [1.29, 1.82) is 0 Å². The minimum absolute atomic E-state index is 0.130. The number of hydrogen-bond donors (Lipinski definition) is 2. The molecule has 30 heavy (non-hydrogen) atoms. The summed E-state index contributed by atoms with van der Waals surface area (Å²) in [4.78, 5) is 0. The fourth-order valence-electron chi connectivity index (χ4n) is 3.26. The highest BCUT2D eigenvalue weighted by atomic mass is 32.2. The van der Waals surface area contributed by atoms with Crippen LogP contribution in [0.4, 0.5) is 0 Å². The lowest BCUT2D eigenvalue weighted by Gasteiger charge is -2.43. The highest BCUT2D eigenvalue weighted by molar-refractivity contribution is 7.86. The number of hydrogen-bond acceptors (Lipinski definition) is 8. The van der Waals surface area contributed by atoms with Gasteiger partial charge in [0.2, 0.25) is 0 Å². The molecule has 1 saturated heterocycles. The number of benzene rings is 2. The summed E-state index contributed by atoms with van der Waals surface area (Å²) >= 11 is 0. The Morgan fingerprint density at radius 3 is 1.83 bits per heavy atom. The molecule has 0 radical (unpaired) electrons. The molecule has 2 N–H and O–H groups in total. The lowest BCUT2D eigenvalue weighted by molar-refractivity contribution is -0.302. The second kappa shape index (κ2) is 10.5. The third-order valence-corrected chi connectivity index (χ3v) is 5.22. The Labute approximate surface area is 176 Å². The predicted octanol–water partition coefficient (Wildman–Crippen LogP) is 1.21. The van der Waals surface area contributed by atoms with Gasteiger partial charge in [-0.1, -0.05) is 60.7 Å². The Kier molecular flexibility index (Phi) is 7.95. The number of aliphatic hydroxyl groups is 2. The molecule has 2 aromatic rings. The first kappa shape index (κ1) is 22.8. The van der Waals surface area contributed by atoms with E-state index in [1.165, 1.54) is 0 Å². The largest absolute Gasteiger partial charge is 0.394 e. The summed E-state index contributed by atoms with van der Waals surface area (Å²) in [5.74, 6) is 0. The van der Waals surface area contributed by atoms with Gasteiger partial charge in [0.15, 0.2) is 6.29 Å². The molecule has 5 atom stereocenters. The Balaban J connectivity index is 1.83. The maximum atomic E-state index is 11.8. The van der Waals surface area contributed by atoms with Crippen LogP contribution in [0.5, 0.6) is 0 Å². The third kappa shape index (κ3) is 6.32. The van der Waals surface area contributed by atoms with E-state index in [1.807, 2.05) is 60.7 Å². The van der Waals surface area contributed by atoms with Crippen LogP contribution in [0.3, 0.4) is 0 Å². The van der Waals surface area contributed by atoms with Gasteiger partial charge in [0.1, 0.15) is 24.4 Å². The number of aliphatic hydroxyl groups excluding tert-OH is 2. The van der Waals surface area contributed by atoms with Crippen molar-refractivity contribution in [1.82, 2.24) is 0 Å². The van der Waals surface area contributed by atoms with Crippen molar-refractivity contribution in [3.8, 4) is 0 Å². The fraction of sp³-hybridized carbons (Fsp3) is 0.429. The minimum Gasteiger partial charge on any atom is -0.394 e. The molecule has 3 rings (SSSR count). The van der Waals surface area contributed by atoms with E-state index >= 15 is 0 Å². The predicted molar refractivity (Wildman–Crippen MR) is 108 cm³/mol. The van der Waals surface area contributed by atoms with E-state index in [0.29, 0.717) is 0 Å². The zero-order chi connectivity index (χ0) is 21.6. The molecule has 9 heteroatoms. The molecule has 1 fully saturated rings. The molecule has 8 nitrogen and oxygen atoms in total. The van der Waals surface area contributed by atoms with Crippen LogP contribution in [-0.4, -0.2) is 62.2 Å². The first-order valence-electron chi connectivity index (χ1n) is 9.51. The molecular formula is C21H26O8S. The van der Waals surface area contributed by atoms with Crippen LogP contribution in [0, 0.1) is 0 Å². The smallest absolute Gasteiger partial charge is 0.264 e. The Hall–Kier alpha value is -1.85. The Morgan fingerprint density at radius 1 is 0.867 bits per heavy atom. The lowest BCUT2D eigenvalue weighted by atomic mass is 9.98. The van der Waals surface area contributed by atoms with Gasteiger partial charge >= 0.3 is 0 Å². The van der Waals surface area contributed by atoms with E-state index in [2.05, 4.69) is 0 Å². The van der Waals surface area contributed by atoms with Crippen molar-refractivity contribution in [3.05, 3.63) is 71.8 Å². The second-order valence-corrected chi connectivity index (χ2v) is 8.64. The van der Waals surface area contributed by atoms with Crippen LogP contribution < -0.4 is 0 Å². The molecule has 0 saturated carbocycles. The van der Waals surface area contributed by atoms with Gasteiger partial charge in [-0.15, -0.1) is 0 Å². The summed E-state index contributed by atoms with van der Waals surface area (Å²) in [6.07, 6.45) is -4.88.